The zero-order valence-corrected chi connectivity index (χ0v) is 11.6. The minimum atomic E-state index is -3.16. The van der Waals surface area contributed by atoms with Gasteiger partial charge >= 0.3 is 0 Å². The van der Waals surface area contributed by atoms with Gasteiger partial charge in [0.15, 0.2) is 0 Å². The Bertz CT molecular complexity index is 407. The van der Waals surface area contributed by atoms with E-state index in [2.05, 4.69) is 4.72 Å². The highest BCUT2D eigenvalue weighted by atomic mass is 32.2. The first-order chi connectivity index (χ1) is 8.62. The van der Waals surface area contributed by atoms with Gasteiger partial charge < -0.3 is 0 Å². The Hall–Kier alpha value is -0.600. The number of rotatable bonds is 6. The van der Waals surface area contributed by atoms with Crippen LogP contribution in [0.25, 0.3) is 0 Å². The molecule has 5 heteroatoms. The standard InChI is InChI=1S/C13H22N2O2S/c14-8-4-5-9-18(16,17)15-13-10-12(13)11-6-2-1-3-7-11/h11-13,15H,1-7,9-10H2. The molecule has 18 heavy (non-hydrogen) atoms. The van der Waals surface area contributed by atoms with Crippen molar-refractivity contribution in [2.75, 3.05) is 5.75 Å². The molecular weight excluding hydrogens is 248 g/mol. The highest BCUT2D eigenvalue weighted by Crippen LogP contribution is 2.44. The van der Waals surface area contributed by atoms with Crippen molar-refractivity contribution in [3.8, 4) is 6.07 Å². The predicted octanol–water partition coefficient (Wildman–Crippen LogP) is 2.18. The van der Waals surface area contributed by atoms with Crippen LogP contribution in [0.15, 0.2) is 0 Å². The van der Waals surface area contributed by atoms with Crippen LogP contribution >= 0.6 is 0 Å². The Balaban J connectivity index is 1.73. The van der Waals surface area contributed by atoms with Gasteiger partial charge in [-0.1, -0.05) is 32.1 Å². The quantitative estimate of drug-likeness (QED) is 0.752. The Labute approximate surface area is 110 Å². The predicted molar refractivity (Wildman–Crippen MR) is 70.2 cm³/mol. The second kappa shape index (κ2) is 6.03. The fourth-order valence-electron chi connectivity index (χ4n) is 3.06. The van der Waals surface area contributed by atoms with Crippen molar-refractivity contribution in [3.63, 3.8) is 0 Å². The van der Waals surface area contributed by atoms with Gasteiger partial charge in [-0.2, -0.15) is 5.26 Å². The Kier molecular flexibility index (Phi) is 4.63. The van der Waals surface area contributed by atoms with Gasteiger partial charge in [0.05, 0.1) is 11.8 Å². The van der Waals surface area contributed by atoms with Crippen LogP contribution in [0.5, 0.6) is 0 Å². The second-order valence-corrected chi connectivity index (χ2v) is 7.48. The van der Waals surface area contributed by atoms with Gasteiger partial charge in [-0.05, 0) is 24.7 Å². The summed E-state index contributed by atoms with van der Waals surface area (Å²) in [5.74, 6) is 1.41. The van der Waals surface area contributed by atoms with E-state index in [0.29, 0.717) is 18.8 Å². The lowest BCUT2D eigenvalue weighted by molar-refractivity contribution is 0.316. The van der Waals surface area contributed by atoms with E-state index in [1.54, 1.807) is 0 Å². The number of nitrogens with zero attached hydrogens (tertiary/aromatic N) is 1. The van der Waals surface area contributed by atoms with Gasteiger partial charge in [0.2, 0.25) is 10.0 Å². The first-order valence-electron chi connectivity index (χ1n) is 6.99. The van der Waals surface area contributed by atoms with E-state index in [9.17, 15) is 8.42 Å². The molecule has 2 atom stereocenters. The molecule has 0 aromatic rings. The number of nitriles is 1. The van der Waals surface area contributed by atoms with E-state index in [1.165, 1.54) is 32.1 Å². The third-order valence-electron chi connectivity index (χ3n) is 4.13. The van der Waals surface area contributed by atoms with Crippen LogP contribution < -0.4 is 4.72 Å². The lowest BCUT2D eigenvalue weighted by atomic mass is 9.86. The fourth-order valence-corrected chi connectivity index (χ4v) is 4.44. The molecular formula is C13H22N2O2S. The van der Waals surface area contributed by atoms with Crippen LogP contribution in [0.2, 0.25) is 0 Å². The summed E-state index contributed by atoms with van der Waals surface area (Å²) >= 11 is 0. The van der Waals surface area contributed by atoms with E-state index >= 15 is 0 Å². The summed E-state index contributed by atoms with van der Waals surface area (Å²) in [4.78, 5) is 0. The van der Waals surface area contributed by atoms with E-state index in [1.807, 2.05) is 6.07 Å². The molecule has 2 saturated carbocycles. The molecule has 0 amide bonds. The van der Waals surface area contributed by atoms with Crippen molar-refractivity contribution >= 4 is 10.0 Å². The largest absolute Gasteiger partial charge is 0.212 e. The van der Waals surface area contributed by atoms with E-state index < -0.39 is 10.0 Å². The Morgan fingerprint density at radius 1 is 1.22 bits per heavy atom. The molecule has 102 valence electrons. The lowest BCUT2D eigenvalue weighted by Gasteiger charge is -2.21. The molecule has 4 nitrogen and oxygen atoms in total. The Morgan fingerprint density at radius 3 is 2.61 bits per heavy atom. The molecule has 0 saturated heterocycles. The minimum Gasteiger partial charge on any atom is -0.212 e. The summed E-state index contributed by atoms with van der Waals surface area (Å²) in [5.41, 5.74) is 0. The normalized spacial score (nSPS) is 28.8. The maximum absolute atomic E-state index is 11.8. The average Bonchev–Trinajstić information content (AvgIpc) is 3.09. The summed E-state index contributed by atoms with van der Waals surface area (Å²) < 4.78 is 26.3. The molecule has 0 spiro atoms. The molecule has 0 aliphatic heterocycles. The molecule has 2 aliphatic rings. The van der Waals surface area contributed by atoms with Gasteiger partial charge in [0, 0.05) is 12.5 Å². The molecule has 0 radical (unpaired) electrons. The van der Waals surface area contributed by atoms with Crippen molar-refractivity contribution in [3.05, 3.63) is 0 Å². The van der Waals surface area contributed by atoms with Gasteiger partial charge in [-0.15, -0.1) is 0 Å². The summed E-state index contributed by atoms with van der Waals surface area (Å²) in [6.07, 6.45) is 8.28. The molecule has 1 N–H and O–H groups in total. The minimum absolute atomic E-state index is 0.0917. The van der Waals surface area contributed by atoms with Crippen molar-refractivity contribution in [2.24, 2.45) is 11.8 Å². The highest BCUT2D eigenvalue weighted by Gasteiger charge is 2.44. The van der Waals surface area contributed by atoms with Crippen LogP contribution in [0.1, 0.15) is 51.4 Å². The third-order valence-corrected chi connectivity index (χ3v) is 5.62. The van der Waals surface area contributed by atoms with Gasteiger partial charge in [0.1, 0.15) is 0 Å². The van der Waals surface area contributed by atoms with Crippen molar-refractivity contribution in [1.82, 2.24) is 4.72 Å². The summed E-state index contributed by atoms with van der Waals surface area (Å²) in [5, 5.41) is 8.40. The topological polar surface area (TPSA) is 70.0 Å². The number of unbranched alkanes of at least 4 members (excludes halogenated alkanes) is 1. The maximum Gasteiger partial charge on any atom is 0.211 e. The van der Waals surface area contributed by atoms with Crippen LogP contribution in [-0.2, 0) is 10.0 Å². The molecule has 2 fully saturated rings. The molecule has 2 aliphatic carbocycles. The van der Waals surface area contributed by atoms with Crippen molar-refractivity contribution in [1.29, 1.82) is 5.26 Å². The molecule has 0 aromatic carbocycles. The summed E-state index contributed by atoms with van der Waals surface area (Å²) in [7, 11) is -3.16. The molecule has 0 heterocycles. The first-order valence-corrected chi connectivity index (χ1v) is 8.64. The molecule has 0 bridgehead atoms. The monoisotopic (exact) mass is 270 g/mol. The van der Waals surface area contributed by atoms with Crippen LogP contribution in [0.4, 0.5) is 0 Å². The highest BCUT2D eigenvalue weighted by molar-refractivity contribution is 7.89. The fraction of sp³-hybridized carbons (Fsp3) is 0.923. The average molecular weight is 270 g/mol. The maximum atomic E-state index is 11.8. The van der Waals surface area contributed by atoms with E-state index in [4.69, 9.17) is 5.26 Å². The third kappa shape index (κ3) is 3.96. The smallest absolute Gasteiger partial charge is 0.211 e. The molecule has 0 aromatic heterocycles. The number of sulfonamides is 1. The second-order valence-electron chi connectivity index (χ2n) is 5.60. The number of hydrogen-bond acceptors (Lipinski definition) is 3. The van der Waals surface area contributed by atoms with Crippen molar-refractivity contribution < 1.29 is 8.42 Å². The zero-order valence-electron chi connectivity index (χ0n) is 10.8. The van der Waals surface area contributed by atoms with Gasteiger partial charge in [-0.25, -0.2) is 13.1 Å². The van der Waals surface area contributed by atoms with Gasteiger partial charge in [0.25, 0.3) is 0 Å². The van der Waals surface area contributed by atoms with E-state index in [-0.39, 0.29) is 11.8 Å². The first kappa shape index (κ1) is 13.8. The summed E-state index contributed by atoms with van der Waals surface area (Å²) in [6.45, 7) is 0. The van der Waals surface area contributed by atoms with Crippen molar-refractivity contribution in [2.45, 2.75) is 57.4 Å². The van der Waals surface area contributed by atoms with Gasteiger partial charge in [-0.3, -0.25) is 0 Å². The molecule has 2 rings (SSSR count). The summed E-state index contributed by atoms with van der Waals surface area (Å²) in [6, 6.07) is 2.16. The zero-order chi connectivity index (χ0) is 13.0. The van der Waals surface area contributed by atoms with Crippen LogP contribution in [0, 0.1) is 23.2 Å². The molecule has 2 unspecified atom stereocenters. The number of nitrogens with one attached hydrogen (secondary N) is 1. The lowest BCUT2D eigenvalue weighted by Crippen LogP contribution is -2.30. The van der Waals surface area contributed by atoms with Crippen LogP contribution in [-0.4, -0.2) is 20.2 Å². The Morgan fingerprint density at radius 2 is 1.94 bits per heavy atom. The SMILES string of the molecule is N#CCCCS(=O)(=O)NC1CC1C1CCCCC1. The van der Waals surface area contributed by atoms with E-state index in [0.717, 1.165) is 12.3 Å². The van der Waals surface area contributed by atoms with Crippen LogP contribution in [0.3, 0.4) is 0 Å². The number of hydrogen-bond donors (Lipinski definition) is 1.